The third-order valence-corrected chi connectivity index (χ3v) is 4.36. The van der Waals surface area contributed by atoms with Crippen molar-refractivity contribution in [2.45, 2.75) is 6.92 Å². The number of pyridine rings is 1. The van der Waals surface area contributed by atoms with E-state index in [9.17, 15) is 4.79 Å². The van der Waals surface area contributed by atoms with Gasteiger partial charge in [0.05, 0.1) is 23.4 Å². The van der Waals surface area contributed by atoms with Crippen LogP contribution in [0.25, 0.3) is 10.6 Å². The quantitative estimate of drug-likeness (QED) is 0.793. The van der Waals surface area contributed by atoms with Crippen molar-refractivity contribution in [2.75, 3.05) is 12.4 Å². The van der Waals surface area contributed by atoms with Gasteiger partial charge < -0.3 is 4.74 Å². The zero-order valence-electron chi connectivity index (χ0n) is 12.7. The van der Waals surface area contributed by atoms with Gasteiger partial charge in [-0.05, 0) is 43.3 Å². The molecule has 0 aliphatic heterocycles. The van der Waals surface area contributed by atoms with Crippen molar-refractivity contribution in [3.63, 3.8) is 0 Å². The number of aryl methyl sites for hydroxylation is 1. The second-order valence-electron chi connectivity index (χ2n) is 4.83. The average Bonchev–Trinajstić information content (AvgIpc) is 2.96. The fourth-order valence-corrected chi connectivity index (χ4v) is 3.03. The van der Waals surface area contributed by atoms with Crippen LogP contribution in [-0.4, -0.2) is 23.0 Å². The van der Waals surface area contributed by atoms with Crippen LogP contribution in [0.4, 0.5) is 5.13 Å². The number of hydrogen-bond donors (Lipinski definition) is 1. The molecule has 0 aliphatic rings. The molecule has 1 aromatic carbocycles. The molecule has 0 atom stereocenters. The monoisotopic (exact) mass is 325 g/mol. The van der Waals surface area contributed by atoms with Crippen LogP contribution in [0.15, 0.2) is 48.7 Å². The summed E-state index contributed by atoms with van der Waals surface area (Å²) in [4.78, 5) is 22.0. The number of ether oxygens (including phenoxy) is 1. The summed E-state index contributed by atoms with van der Waals surface area (Å²) in [5, 5.41) is 3.39. The molecule has 1 N–H and O–H groups in total. The van der Waals surface area contributed by atoms with E-state index in [1.165, 1.54) is 11.3 Å². The minimum atomic E-state index is -0.200. The van der Waals surface area contributed by atoms with E-state index in [0.29, 0.717) is 16.4 Å². The highest BCUT2D eigenvalue weighted by Crippen LogP contribution is 2.31. The number of anilines is 1. The molecule has 0 fully saturated rings. The molecule has 0 unspecified atom stereocenters. The Bertz CT molecular complexity index is 814. The first-order chi connectivity index (χ1) is 11.2. The third-order valence-electron chi connectivity index (χ3n) is 3.27. The van der Waals surface area contributed by atoms with E-state index in [2.05, 4.69) is 15.3 Å². The predicted octanol–water partition coefficient (Wildman–Crippen LogP) is 3.77. The van der Waals surface area contributed by atoms with Crippen LogP contribution in [0, 0.1) is 6.92 Å². The molecule has 2 heterocycles. The van der Waals surface area contributed by atoms with Crippen LogP contribution in [0.5, 0.6) is 5.75 Å². The minimum Gasteiger partial charge on any atom is -0.497 e. The molecule has 0 radical (unpaired) electrons. The van der Waals surface area contributed by atoms with E-state index < -0.39 is 0 Å². The summed E-state index contributed by atoms with van der Waals surface area (Å²) in [6.07, 6.45) is 1.74. The van der Waals surface area contributed by atoms with Crippen molar-refractivity contribution < 1.29 is 9.53 Å². The van der Waals surface area contributed by atoms with E-state index in [0.717, 1.165) is 16.3 Å². The van der Waals surface area contributed by atoms with Crippen molar-refractivity contribution in [1.82, 2.24) is 9.97 Å². The maximum absolute atomic E-state index is 12.3. The number of thiazole rings is 1. The molecule has 0 spiro atoms. The first kappa shape index (κ1) is 15.2. The Kier molecular flexibility index (Phi) is 4.34. The molecule has 3 aromatic rings. The van der Waals surface area contributed by atoms with Crippen LogP contribution < -0.4 is 10.1 Å². The van der Waals surface area contributed by atoms with Gasteiger partial charge in [0.1, 0.15) is 5.75 Å². The molecule has 5 nitrogen and oxygen atoms in total. The highest BCUT2D eigenvalue weighted by Gasteiger charge is 2.13. The van der Waals surface area contributed by atoms with Crippen molar-refractivity contribution >= 4 is 22.4 Å². The molecule has 0 saturated heterocycles. The van der Waals surface area contributed by atoms with Gasteiger partial charge in [-0.15, -0.1) is 0 Å². The second kappa shape index (κ2) is 6.58. The molecule has 0 saturated carbocycles. The fourth-order valence-electron chi connectivity index (χ4n) is 2.10. The number of methoxy groups -OCH3 is 1. The van der Waals surface area contributed by atoms with Crippen molar-refractivity contribution in [2.24, 2.45) is 0 Å². The summed E-state index contributed by atoms with van der Waals surface area (Å²) in [6, 6.07) is 12.7. The molecule has 1 amide bonds. The molecule has 6 heteroatoms. The summed E-state index contributed by atoms with van der Waals surface area (Å²) in [6.45, 7) is 1.91. The maximum atomic E-state index is 12.3. The molecular formula is C17H15N3O2S. The number of aromatic nitrogens is 2. The van der Waals surface area contributed by atoms with Gasteiger partial charge in [-0.25, -0.2) is 4.98 Å². The van der Waals surface area contributed by atoms with Crippen molar-refractivity contribution in [3.05, 3.63) is 59.9 Å². The highest BCUT2D eigenvalue weighted by molar-refractivity contribution is 7.19. The van der Waals surface area contributed by atoms with Crippen LogP contribution >= 0.6 is 11.3 Å². The average molecular weight is 325 g/mol. The number of hydrogen-bond acceptors (Lipinski definition) is 5. The first-order valence-corrected chi connectivity index (χ1v) is 7.83. The van der Waals surface area contributed by atoms with E-state index >= 15 is 0 Å². The van der Waals surface area contributed by atoms with E-state index in [1.54, 1.807) is 37.6 Å². The van der Waals surface area contributed by atoms with Gasteiger partial charge >= 0.3 is 0 Å². The summed E-state index contributed by atoms with van der Waals surface area (Å²) < 4.78 is 5.09. The summed E-state index contributed by atoms with van der Waals surface area (Å²) >= 11 is 1.41. The van der Waals surface area contributed by atoms with Crippen LogP contribution in [0.1, 0.15) is 16.1 Å². The maximum Gasteiger partial charge on any atom is 0.257 e. The van der Waals surface area contributed by atoms with Gasteiger partial charge in [0.25, 0.3) is 5.91 Å². The Hall–Kier alpha value is -2.73. The molecular weight excluding hydrogens is 310 g/mol. The number of benzene rings is 1. The third kappa shape index (κ3) is 3.37. The highest BCUT2D eigenvalue weighted by atomic mass is 32.1. The normalized spacial score (nSPS) is 10.3. The second-order valence-corrected chi connectivity index (χ2v) is 5.83. The fraction of sp³-hybridized carbons (Fsp3) is 0.118. The number of nitrogens with one attached hydrogen (secondary N) is 1. The van der Waals surface area contributed by atoms with Crippen LogP contribution in [0.3, 0.4) is 0 Å². The predicted molar refractivity (Wildman–Crippen MR) is 91.0 cm³/mol. The molecule has 23 heavy (non-hydrogen) atoms. The standard InChI is InChI=1S/C17H15N3O2S/c1-11-15(14-5-3-4-10-18-14)23-17(19-11)20-16(21)12-6-8-13(22-2)9-7-12/h3-10H,1-2H3,(H,19,20,21). The lowest BCUT2D eigenvalue weighted by Crippen LogP contribution is -2.11. The summed E-state index contributed by atoms with van der Waals surface area (Å²) in [7, 11) is 1.59. The molecule has 116 valence electrons. The largest absolute Gasteiger partial charge is 0.497 e. The lowest BCUT2D eigenvalue weighted by molar-refractivity contribution is 0.102. The lowest BCUT2D eigenvalue weighted by Gasteiger charge is -2.03. The Morgan fingerprint density at radius 2 is 1.96 bits per heavy atom. The molecule has 0 bridgehead atoms. The minimum absolute atomic E-state index is 0.200. The number of rotatable bonds is 4. The smallest absolute Gasteiger partial charge is 0.257 e. The number of carbonyl (C=O) groups excluding carboxylic acids is 1. The SMILES string of the molecule is COc1ccc(C(=O)Nc2nc(C)c(-c3ccccn3)s2)cc1. The number of nitrogens with zero attached hydrogens (tertiary/aromatic N) is 2. The van der Waals surface area contributed by atoms with Crippen molar-refractivity contribution in [3.8, 4) is 16.3 Å². The van der Waals surface area contributed by atoms with E-state index in [4.69, 9.17) is 4.74 Å². The van der Waals surface area contributed by atoms with Gasteiger partial charge in [0.15, 0.2) is 5.13 Å². The Labute approximate surface area is 138 Å². The molecule has 0 aliphatic carbocycles. The van der Waals surface area contributed by atoms with Crippen LogP contribution in [0.2, 0.25) is 0 Å². The van der Waals surface area contributed by atoms with Gasteiger partial charge in [-0.2, -0.15) is 0 Å². The number of amides is 1. The van der Waals surface area contributed by atoms with Gasteiger partial charge in [-0.3, -0.25) is 15.1 Å². The van der Waals surface area contributed by atoms with Gasteiger partial charge in [0, 0.05) is 11.8 Å². The topological polar surface area (TPSA) is 64.1 Å². The zero-order chi connectivity index (χ0) is 16.2. The van der Waals surface area contributed by atoms with Crippen LogP contribution in [-0.2, 0) is 0 Å². The van der Waals surface area contributed by atoms with Gasteiger partial charge in [-0.1, -0.05) is 17.4 Å². The Morgan fingerprint density at radius 1 is 1.17 bits per heavy atom. The lowest BCUT2D eigenvalue weighted by atomic mass is 10.2. The van der Waals surface area contributed by atoms with Crippen molar-refractivity contribution in [1.29, 1.82) is 0 Å². The molecule has 3 rings (SSSR count). The summed E-state index contributed by atoms with van der Waals surface area (Å²) in [5.41, 5.74) is 2.25. The first-order valence-electron chi connectivity index (χ1n) is 7.01. The Balaban J connectivity index is 1.79. The Morgan fingerprint density at radius 3 is 2.61 bits per heavy atom. The summed E-state index contributed by atoms with van der Waals surface area (Å²) in [5.74, 6) is 0.512. The zero-order valence-corrected chi connectivity index (χ0v) is 13.6. The van der Waals surface area contributed by atoms with E-state index in [-0.39, 0.29) is 5.91 Å². The number of carbonyl (C=O) groups is 1. The van der Waals surface area contributed by atoms with E-state index in [1.807, 2.05) is 25.1 Å². The van der Waals surface area contributed by atoms with Gasteiger partial charge in [0.2, 0.25) is 0 Å². The molecule has 2 aromatic heterocycles.